The van der Waals surface area contributed by atoms with Crippen LogP contribution in [-0.2, 0) is 9.53 Å². The van der Waals surface area contributed by atoms with Crippen LogP contribution in [0.4, 0.5) is 0 Å². The van der Waals surface area contributed by atoms with Gasteiger partial charge in [-0.05, 0) is 6.42 Å². The van der Waals surface area contributed by atoms with E-state index in [-0.39, 0.29) is 11.9 Å². The van der Waals surface area contributed by atoms with E-state index in [2.05, 4.69) is 47.9 Å². The average Bonchev–Trinajstić information content (AvgIpc) is 2.91. The molecule has 0 heterocycles. The smallest absolute Gasteiger partial charge is 0.308 e. The number of nitrogens with two attached hydrogens (primary N) is 1. The van der Waals surface area contributed by atoms with Crippen molar-refractivity contribution in [1.82, 2.24) is 47.9 Å². The summed E-state index contributed by atoms with van der Waals surface area (Å²) in [6.07, 6.45) is 0.823. The predicted molar refractivity (Wildman–Crippen MR) is 155 cm³/mol. The van der Waals surface area contributed by atoms with Crippen LogP contribution in [0.2, 0.25) is 0 Å². The number of rotatable bonds is 31. The first kappa shape index (κ1) is 36.1. The van der Waals surface area contributed by atoms with Gasteiger partial charge in [0.15, 0.2) is 0 Å². The number of carbonyl (C=O) groups is 1. The number of hydrogen-bond acceptors (Lipinski definition) is 12. The molecule has 0 aliphatic rings. The number of hydrogen-bond donors (Lipinski definition) is 10. The molecule has 0 aromatic rings. The fraction of sp³-hybridized carbons (Fsp3) is 0.960. The van der Waals surface area contributed by atoms with Crippen LogP contribution in [0.25, 0.3) is 0 Å². The van der Waals surface area contributed by atoms with E-state index in [1.54, 1.807) is 0 Å². The van der Waals surface area contributed by atoms with E-state index >= 15 is 0 Å². The van der Waals surface area contributed by atoms with Gasteiger partial charge in [0.2, 0.25) is 0 Å². The van der Waals surface area contributed by atoms with Gasteiger partial charge in [-0.3, -0.25) is 4.79 Å². The fourth-order valence-corrected chi connectivity index (χ4v) is 3.17. The second-order valence-electron chi connectivity index (χ2n) is 9.02. The van der Waals surface area contributed by atoms with E-state index in [4.69, 9.17) is 10.5 Å². The van der Waals surface area contributed by atoms with Gasteiger partial charge in [-0.1, -0.05) is 13.8 Å². The molecule has 12 nitrogen and oxygen atoms in total. The lowest BCUT2D eigenvalue weighted by molar-refractivity contribution is -0.147. The molecule has 0 rings (SSSR count). The largest absolute Gasteiger partial charge is 0.464 e. The Morgan fingerprint density at radius 2 is 0.811 bits per heavy atom. The summed E-state index contributed by atoms with van der Waals surface area (Å²) in [5.41, 5.74) is 5.43. The van der Waals surface area contributed by atoms with Crippen molar-refractivity contribution in [2.75, 3.05) is 131 Å². The molecule has 12 heteroatoms. The molecule has 1 unspecified atom stereocenters. The third-order valence-electron chi connectivity index (χ3n) is 5.69. The molecule has 0 saturated heterocycles. The molecule has 0 spiro atoms. The minimum absolute atomic E-state index is 0.00849. The van der Waals surface area contributed by atoms with E-state index < -0.39 is 0 Å². The summed E-state index contributed by atoms with van der Waals surface area (Å²) in [6, 6.07) is 0. The first-order valence-corrected chi connectivity index (χ1v) is 14.5. The number of nitrogens with one attached hydrogen (secondary N) is 9. The van der Waals surface area contributed by atoms with E-state index in [9.17, 15) is 4.79 Å². The number of esters is 1. The zero-order valence-electron chi connectivity index (χ0n) is 23.8. The minimum atomic E-state index is -0.102. The van der Waals surface area contributed by atoms with Crippen molar-refractivity contribution in [3.05, 3.63) is 0 Å². The first-order chi connectivity index (χ1) is 18.2. The van der Waals surface area contributed by atoms with Gasteiger partial charge in [-0.2, -0.15) is 0 Å². The van der Waals surface area contributed by atoms with E-state index in [0.717, 1.165) is 118 Å². The maximum Gasteiger partial charge on any atom is 0.308 e. The van der Waals surface area contributed by atoms with Crippen LogP contribution in [0.5, 0.6) is 0 Å². The van der Waals surface area contributed by atoms with Gasteiger partial charge in [0.25, 0.3) is 0 Å². The van der Waals surface area contributed by atoms with Gasteiger partial charge in [-0.15, -0.1) is 0 Å². The molecular weight excluding hydrogens is 472 g/mol. The van der Waals surface area contributed by atoms with E-state index in [0.29, 0.717) is 19.7 Å². The molecule has 0 aromatic carbocycles. The SMILES string of the molecule is CCC(C)C(=O)OCCNCCNCCNCCNCCNCCNCCNCCNCCNCCN. The third kappa shape index (κ3) is 29.5. The molecule has 11 N–H and O–H groups in total. The second kappa shape index (κ2) is 31.3. The first-order valence-electron chi connectivity index (χ1n) is 14.5. The van der Waals surface area contributed by atoms with Crippen LogP contribution < -0.4 is 53.6 Å². The standard InChI is InChI=1S/C25H60N10O2/c1-3-24(2)25(36)37-23-22-35-21-20-34-19-18-33-17-16-32-15-14-31-13-12-30-11-10-29-9-8-28-7-6-27-5-4-26/h24,27-35H,3-23,26H2,1-2H3. The molecule has 0 radical (unpaired) electrons. The van der Waals surface area contributed by atoms with Crippen LogP contribution in [0.1, 0.15) is 20.3 Å². The van der Waals surface area contributed by atoms with Gasteiger partial charge in [0, 0.05) is 124 Å². The molecule has 0 aliphatic heterocycles. The van der Waals surface area contributed by atoms with Gasteiger partial charge in [-0.25, -0.2) is 0 Å². The Balaban J connectivity index is 3.07. The van der Waals surface area contributed by atoms with E-state index in [1.165, 1.54) is 0 Å². The molecule has 0 fully saturated rings. The van der Waals surface area contributed by atoms with Crippen LogP contribution >= 0.6 is 0 Å². The van der Waals surface area contributed by atoms with Crippen LogP contribution in [0.15, 0.2) is 0 Å². The monoisotopic (exact) mass is 532 g/mol. The highest BCUT2D eigenvalue weighted by Crippen LogP contribution is 2.02. The second-order valence-corrected chi connectivity index (χ2v) is 9.02. The summed E-state index contributed by atoms with van der Waals surface area (Å²) in [6.45, 7) is 22.1. The minimum Gasteiger partial charge on any atom is -0.464 e. The predicted octanol–water partition coefficient (Wildman–Crippen LogP) is -3.16. The summed E-state index contributed by atoms with van der Waals surface area (Å²) in [4.78, 5) is 11.5. The van der Waals surface area contributed by atoms with Gasteiger partial charge in [0.05, 0.1) is 5.92 Å². The lowest BCUT2D eigenvalue weighted by atomic mass is 10.1. The Hall–Kier alpha value is -0.930. The molecule has 1 atom stereocenters. The summed E-state index contributed by atoms with van der Waals surface area (Å²) < 4.78 is 5.20. The fourth-order valence-electron chi connectivity index (χ4n) is 3.17. The molecule has 0 saturated carbocycles. The Labute approximate surface area is 226 Å². The highest BCUT2D eigenvalue weighted by atomic mass is 16.5. The topological polar surface area (TPSA) is 161 Å². The molecule has 222 valence electrons. The zero-order valence-corrected chi connectivity index (χ0v) is 23.8. The lowest BCUT2D eigenvalue weighted by Crippen LogP contribution is -2.38. The summed E-state index contributed by atoms with van der Waals surface area (Å²) in [7, 11) is 0. The van der Waals surface area contributed by atoms with Crippen molar-refractivity contribution < 1.29 is 9.53 Å². The Bertz CT molecular complexity index is 463. The van der Waals surface area contributed by atoms with Crippen molar-refractivity contribution in [3.8, 4) is 0 Å². The van der Waals surface area contributed by atoms with Crippen LogP contribution in [0, 0.1) is 5.92 Å². The molecule has 37 heavy (non-hydrogen) atoms. The van der Waals surface area contributed by atoms with Crippen molar-refractivity contribution in [2.45, 2.75) is 20.3 Å². The van der Waals surface area contributed by atoms with Gasteiger partial charge < -0.3 is 58.3 Å². The quantitative estimate of drug-likeness (QED) is 0.0323. The number of carbonyl (C=O) groups excluding carboxylic acids is 1. The van der Waals surface area contributed by atoms with Crippen molar-refractivity contribution in [2.24, 2.45) is 11.7 Å². The Kier molecular flexibility index (Phi) is 30.5. The normalized spacial score (nSPS) is 12.2. The summed E-state index contributed by atoms with van der Waals surface area (Å²) in [5, 5.41) is 30.5. The Morgan fingerprint density at radius 1 is 0.541 bits per heavy atom. The average molecular weight is 533 g/mol. The lowest BCUT2D eigenvalue weighted by Gasteiger charge is -2.11. The zero-order chi connectivity index (χ0) is 27.1. The highest BCUT2D eigenvalue weighted by Gasteiger charge is 2.10. The maximum atomic E-state index is 11.5. The Morgan fingerprint density at radius 3 is 1.08 bits per heavy atom. The molecule has 0 bridgehead atoms. The highest BCUT2D eigenvalue weighted by molar-refractivity contribution is 5.71. The van der Waals surface area contributed by atoms with Crippen molar-refractivity contribution in [3.63, 3.8) is 0 Å². The van der Waals surface area contributed by atoms with Gasteiger partial charge in [0.1, 0.15) is 6.61 Å². The molecule has 0 amide bonds. The molecular formula is C25H60N10O2. The number of ether oxygens (including phenoxy) is 1. The molecule has 0 aliphatic carbocycles. The van der Waals surface area contributed by atoms with E-state index in [1.807, 2.05) is 13.8 Å². The molecule has 0 aromatic heterocycles. The van der Waals surface area contributed by atoms with Crippen LogP contribution in [0.3, 0.4) is 0 Å². The van der Waals surface area contributed by atoms with Crippen molar-refractivity contribution >= 4 is 5.97 Å². The maximum absolute atomic E-state index is 11.5. The summed E-state index contributed by atoms with van der Waals surface area (Å²) >= 11 is 0. The summed E-state index contributed by atoms with van der Waals surface area (Å²) in [5.74, 6) is -0.111. The van der Waals surface area contributed by atoms with Gasteiger partial charge >= 0.3 is 5.97 Å². The van der Waals surface area contributed by atoms with Crippen LogP contribution in [-0.4, -0.2) is 137 Å². The third-order valence-corrected chi connectivity index (χ3v) is 5.69. The van der Waals surface area contributed by atoms with Crippen molar-refractivity contribution in [1.29, 1.82) is 0 Å².